The predicted octanol–water partition coefficient (Wildman–Crippen LogP) is 2.29. The summed E-state index contributed by atoms with van der Waals surface area (Å²) in [5, 5.41) is 13.1. The predicted molar refractivity (Wildman–Crippen MR) is 86.1 cm³/mol. The van der Waals surface area contributed by atoms with E-state index in [4.69, 9.17) is 0 Å². The quantitative estimate of drug-likeness (QED) is 0.903. The lowest BCUT2D eigenvalue weighted by Gasteiger charge is -2.34. The number of nitrogens with one attached hydrogen (secondary N) is 1. The van der Waals surface area contributed by atoms with Gasteiger partial charge < -0.3 is 10.4 Å². The van der Waals surface area contributed by atoms with Crippen LogP contribution in [-0.4, -0.2) is 42.8 Å². The fourth-order valence-corrected chi connectivity index (χ4v) is 2.95. The fourth-order valence-electron chi connectivity index (χ4n) is 2.95. The first-order chi connectivity index (χ1) is 10.4. The lowest BCUT2D eigenvalue weighted by atomic mass is 10.00. The SMILES string of the molecule is OCC(c1ccc(-c2ccccc2)cc1)N1CCNCC1. The van der Waals surface area contributed by atoms with Crippen molar-refractivity contribution < 1.29 is 5.11 Å². The van der Waals surface area contributed by atoms with Crippen LogP contribution in [0.5, 0.6) is 0 Å². The van der Waals surface area contributed by atoms with Gasteiger partial charge in [0.1, 0.15) is 0 Å². The van der Waals surface area contributed by atoms with Crippen molar-refractivity contribution >= 4 is 0 Å². The lowest BCUT2D eigenvalue weighted by Crippen LogP contribution is -2.46. The maximum absolute atomic E-state index is 9.76. The summed E-state index contributed by atoms with van der Waals surface area (Å²) in [6.07, 6.45) is 0. The molecular formula is C18H22N2O. The van der Waals surface area contributed by atoms with E-state index in [0.29, 0.717) is 0 Å². The first kappa shape index (κ1) is 14.3. The molecular weight excluding hydrogens is 260 g/mol. The number of benzene rings is 2. The van der Waals surface area contributed by atoms with E-state index in [1.165, 1.54) is 16.7 Å². The summed E-state index contributed by atoms with van der Waals surface area (Å²) in [4.78, 5) is 2.36. The molecule has 1 saturated heterocycles. The third-order valence-corrected chi connectivity index (χ3v) is 4.17. The molecule has 0 aromatic heterocycles. The van der Waals surface area contributed by atoms with Gasteiger partial charge in [-0.3, -0.25) is 4.90 Å². The van der Waals surface area contributed by atoms with E-state index in [-0.39, 0.29) is 12.6 Å². The van der Waals surface area contributed by atoms with Gasteiger partial charge in [-0.1, -0.05) is 54.6 Å². The summed E-state index contributed by atoms with van der Waals surface area (Å²) in [5.74, 6) is 0. The minimum atomic E-state index is 0.108. The van der Waals surface area contributed by atoms with Crippen molar-refractivity contribution in [1.29, 1.82) is 0 Å². The highest BCUT2D eigenvalue weighted by molar-refractivity contribution is 5.63. The molecule has 0 radical (unpaired) electrons. The van der Waals surface area contributed by atoms with E-state index in [9.17, 15) is 5.11 Å². The zero-order valence-corrected chi connectivity index (χ0v) is 12.2. The normalized spacial score (nSPS) is 17.6. The molecule has 2 aromatic rings. The van der Waals surface area contributed by atoms with Crippen LogP contribution < -0.4 is 5.32 Å². The molecule has 3 rings (SSSR count). The van der Waals surface area contributed by atoms with Crippen LogP contribution in [0.4, 0.5) is 0 Å². The molecule has 110 valence electrons. The van der Waals surface area contributed by atoms with Crippen LogP contribution in [0.25, 0.3) is 11.1 Å². The smallest absolute Gasteiger partial charge is 0.0628 e. The van der Waals surface area contributed by atoms with Gasteiger partial charge in [0.25, 0.3) is 0 Å². The van der Waals surface area contributed by atoms with Crippen molar-refractivity contribution in [3.8, 4) is 11.1 Å². The van der Waals surface area contributed by atoms with Crippen molar-refractivity contribution in [2.45, 2.75) is 6.04 Å². The van der Waals surface area contributed by atoms with Crippen molar-refractivity contribution in [1.82, 2.24) is 10.2 Å². The highest BCUT2D eigenvalue weighted by Crippen LogP contribution is 2.25. The van der Waals surface area contributed by atoms with Crippen LogP contribution in [0.1, 0.15) is 11.6 Å². The number of rotatable bonds is 4. The summed E-state index contributed by atoms with van der Waals surface area (Å²) in [5.41, 5.74) is 3.64. The maximum atomic E-state index is 9.76. The summed E-state index contributed by atoms with van der Waals surface area (Å²) in [7, 11) is 0. The average Bonchev–Trinajstić information content (AvgIpc) is 2.58. The van der Waals surface area contributed by atoms with E-state index in [1.807, 2.05) is 6.07 Å². The number of nitrogens with zero attached hydrogens (tertiary/aromatic N) is 1. The zero-order chi connectivity index (χ0) is 14.5. The van der Waals surface area contributed by atoms with Crippen molar-refractivity contribution in [2.75, 3.05) is 32.8 Å². The van der Waals surface area contributed by atoms with Crippen molar-refractivity contribution in [2.24, 2.45) is 0 Å². The van der Waals surface area contributed by atoms with E-state index < -0.39 is 0 Å². The van der Waals surface area contributed by atoms with Crippen LogP contribution in [0, 0.1) is 0 Å². The Hall–Kier alpha value is -1.68. The van der Waals surface area contributed by atoms with Gasteiger partial charge in [-0.2, -0.15) is 0 Å². The van der Waals surface area contributed by atoms with Gasteiger partial charge in [0.2, 0.25) is 0 Å². The highest BCUT2D eigenvalue weighted by Gasteiger charge is 2.21. The van der Waals surface area contributed by atoms with E-state index in [1.54, 1.807) is 0 Å². The molecule has 1 atom stereocenters. The Balaban J connectivity index is 1.79. The number of hydrogen-bond donors (Lipinski definition) is 2. The van der Waals surface area contributed by atoms with E-state index >= 15 is 0 Å². The topological polar surface area (TPSA) is 35.5 Å². The Morgan fingerprint density at radius 2 is 1.52 bits per heavy atom. The second-order valence-corrected chi connectivity index (χ2v) is 5.47. The number of piperazine rings is 1. The monoisotopic (exact) mass is 282 g/mol. The molecule has 3 heteroatoms. The van der Waals surface area contributed by atoms with Crippen LogP contribution >= 0.6 is 0 Å². The number of hydrogen-bond acceptors (Lipinski definition) is 3. The second-order valence-electron chi connectivity index (χ2n) is 5.47. The Kier molecular flexibility index (Phi) is 4.65. The molecule has 3 nitrogen and oxygen atoms in total. The van der Waals surface area contributed by atoms with Crippen LogP contribution in [0.2, 0.25) is 0 Å². The zero-order valence-electron chi connectivity index (χ0n) is 12.2. The van der Waals surface area contributed by atoms with Crippen LogP contribution in [0.3, 0.4) is 0 Å². The molecule has 0 aliphatic carbocycles. The van der Waals surface area contributed by atoms with Gasteiger partial charge in [0.15, 0.2) is 0 Å². The third kappa shape index (κ3) is 3.32. The molecule has 1 aliphatic rings. The molecule has 0 bridgehead atoms. The van der Waals surface area contributed by atoms with Crippen LogP contribution in [0.15, 0.2) is 54.6 Å². The molecule has 0 spiro atoms. The summed E-state index contributed by atoms with van der Waals surface area (Å²) in [6, 6.07) is 19.1. The second kappa shape index (κ2) is 6.85. The minimum Gasteiger partial charge on any atom is -0.394 e. The molecule has 1 fully saturated rings. The molecule has 2 N–H and O–H groups in total. The van der Waals surface area contributed by atoms with Gasteiger partial charge >= 0.3 is 0 Å². The Morgan fingerprint density at radius 3 is 2.14 bits per heavy atom. The van der Waals surface area contributed by atoms with Crippen LogP contribution in [-0.2, 0) is 0 Å². The molecule has 21 heavy (non-hydrogen) atoms. The molecule has 0 amide bonds. The van der Waals surface area contributed by atoms with E-state index in [0.717, 1.165) is 26.2 Å². The third-order valence-electron chi connectivity index (χ3n) is 4.17. The molecule has 1 unspecified atom stereocenters. The van der Waals surface area contributed by atoms with Gasteiger partial charge in [-0.15, -0.1) is 0 Å². The lowest BCUT2D eigenvalue weighted by molar-refractivity contribution is 0.111. The average molecular weight is 282 g/mol. The number of aliphatic hydroxyl groups is 1. The van der Waals surface area contributed by atoms with Gasteiger partial charge in [0.05, 0.1) is 12.6 Å². The summed E-state index contributed by atoms with van der Waals surface area (Å²) in [6.45, 7) is 4.15. The highest BCUT2D eigenvalue weighted by atomic mass is 16.3. The largest absolute Gasteiger partial charge is 0.394 e. The van der Waals surface area contributed by atoms with Crippen molar-refractivity contribution in [3.05, 3.63) is 60.2 Å². The molecule has 0 saturated carbocycles. The van der Waals surface area contributed by atoms with Gasteiger partial charge in [-0.05, 0) is 16.7 Å². The Morgan fingerprint density at radius 1 is 0.905 bits per heavy atom. The Labute approximate surface area is 126 Å². The fraction of sp³-hybridized carbons (Fsp3) is 0.333. The van der Waals surface area contributed by atoms with Gasteiger partial charge in [-0.25, -0.2) is 0 Å². The summed E-state index contributed by atoms with van der Waals surface area (Å²) < 4.78 is 0. The first-order valence-corrected chi connectivity index (χ1v) is 7.59. The summed E-state index contributed by atoms with van der Waals surface area (Å²) >= 11 is 0. The molecule has 2 aromatic carbocycles. The Bertz CT molecular complexity index is 547. The van der Waals surface area contributed by atoms with Crippen molar-refractivity contribution in [3.63, 3.8) is 0 Å². The molecule has 1 aliphatic heterocycles. The first-order valence-electron chi connectivity index (χ1n) is 7.59. The minimum absolute atomic E-state index is 0.108. The standard InChI is InChI=1S/C18H22N2O/c21-14-18(20-12-10-19-11-13-20)17-8-6-16(7-9-17)15-4-2-1-3-5-15/h1-9,18-19,21H,10-14H2. The van der Waals surface area contributed by atoms with Gasteiger partial charge in [0, 0.05) is 26.2 Å². The number of aliphatic hydroxyl groups excluding tert-OH is 1. The molecule has 1 heterocycles. The van der Waals surface area contributed by atoms with E-state index in [2.05, 4.69) is 58.7 Å². The maximum Gasteiger partial charge on any atom is 0.0628 e.